The molecule has 1 rings (SSSR count). The maximum Gasteiger partial charge on any atom is 0.273 e. The van der Waals surface area contributed by atoms with Crippen molar-refractivity contribution in [3.05, 3.63) is 27.8 Å². The van der Waals surface area contributed by atoms with E-state index in [-0.39, 0.29) is 29.2 Å². The number of nitro groups is 1. The first-order chi connectivity index (χ1) is 8.01. The highest BCUT2D eigenvalue weighted by Crippen LogP contribution is 2.37. The van der Waals surface area contributed by atoms with Gasteiger partial charge in [0, 0.05) is 17.7 Å². The number of halogens is 1. The molecule has 0 spiro atoms. The van der Waals surface area contributed by atoms with Gasteiger partial charge in [-0.05, 0) is 6.42 Å². The Balaban J connectivity index is 3.27. The van der Waals surface area contributed by atoms with Gasteiger partial charge in [0.1, 0.15) is 0 Å². The van der Waals surface area contributed by atoms with Crippen LogP contribution in [0.25, 0.3) is 0 Å². The number of nitro benzene ring substituents is 1. The van der Waals surface area contributed by atoms with E-state index in [0.717, 1.165) is 12.1 Å². The summed E-state index contributed by atoms with van der Waals surface area (Å²) in [6.07, 6.45) is -0.0299. The third-order valence-corrected chi connectivity index (χ3v) is 2.34. The van der Waals surface area contributed by atoms with Gasteiger partial charge in [0.05, 0.1) is 24.8 Å². The number of rotatable bonds is 5. The van der Waals surface area contributed by atoms with Crippen LogP contribution in [0.3, 0.4) is 0 Å². The molecule has 0 fully saturated rings. The molecule has 7 heteroatoms. The zero-order chi connectivity index (χ0) is 13.0. The Hall–Kier alpha value is -1.89. The molecule has 0 aromatic heterocycles. The van der Waals surface area contributed by atoms with Gasteiger partial charge in [-0.25, -0.2) is 0 Å². The van der Waals surface area contributed by atoms with Crippen molar-refractivity contribution in [2.45, 2.75) is 12.5 Å². The van der Waals surface area contributed by atoms with Crippen molar-refractivity contribution in [1.82, 2.24) is 0 Å². The molecule has 1 aromatic rings. The highest BCUT2D eigenvalue weighted by Gasteiger charge is 2.20. The summed E-state index contributed by atoms with van der Waals surface area (Å²) in [7, 11) is 1.27. The number of benzene rings is 1. The second-order valence-corrected chi connectivity index (χ2v) is 3.43. The maximum absolute atomic E-state index is 12.2. The molecular formula is C10H13FN2O4. The highest BCUT2D eigenvalue weighted by molar-refractivity contribution is 5.54. The van der Waals surface area contributed by atoms with Crippen molar-refractivity contribution in [2.75, 3.05) is 13.8 Å². The van der Waals surface area contributed by atoms with Crippen LogP contribution in [0.5, 0.6) is 11.5 Å². The van der Waals surface area contributed by atoms with Gasteiger partial charge in [-0.2, -0.15) is 0 Å². The van der Waals surface area contributed by atoms with Gasteiger partial charge < -0.3 is 15.6 Å². The molecule has 0 aliphatic heterocycles. The van der Waals surface area contributed by atoms with Crippen molar-refractivity contribution in [1.29, 1.82) is 0 Å². The monoisotopic (exact) mass is 244 g/mol. The van der Waals surface area contributed by atoms with Crippen molar-refractivity contribution in [2.24, 2.45) is 5.73 Å². The number of phenolic OH excluding ortho intramolecular Hbond substituents is 1. The maximum atomic E-state index is 12.2. The Kier molecular flexibility index (Phi) is 4.22. The number of ether oxygens (including phenoxy) is 1. The fraction of sp³-hybridized carbons (Fsp3) is 0.400. The second kappa shape index (κ2) is 5.44. The molecule has 3 N–H and O–H groups in total. The lowest BCUT2D eigenvalue weighted by Crippen LogP contribution is -2.12. The van der Waals surface area contributed by atoms with Crippen LogP contribution in [0.2, 0.25) is 0 Å². The summed E-state index contributed by atoms with van der Waals surface area (Å²) in [6, 6.07) is 1.40. The summed E-state index contributed by atoms with van der Waals surface area (Å²) >= 11 is 0. The van der Waals surface area contributed by atoms with Gasteiger partial charge in [0.15, 0.2) is 11.5 Å². The number of hydrogen-bond donors (Lipinski definition) is 2. The van der Waals surface area contributed by atoms with Gasteiger partial charge >= 0.3 is 0 Å². The molecule has 0 aliphatic carbocycles. The first kappa shape index (κ1) is 13.2. The molecule has 17 heavy (non-hydrogen) atoms. The molecule has 0 heterocycles. The number of phenols is 1. The lowest BCUT2D eigenvalue weighted by molar-refractivity contribution is -0.385. The predicted molar refractivity (Wildman–Crippen MR) is 58.8 cm³/mol. The van der Waals surface area contributed by atoms with Crippen LogP contribution in [0.1, 0.15) is 18.0 Å². The first-order valence-corrected chi connectivity index (χ1v) is 4.88. The Morgan fingerprint density at radius 1 is 1.65 bits per heavy atom. The van der Waals surface area contributed by atoms with E-state index in [0.29, 0.717) is 0 Å². The zero-order valence-corrected chi connectivity index (χ0v) is 9.22. The number of alkyl halides is 1. The minimum absolute atomic E-state index is 0.0299. The molecule has 0 unspecified atom stereocenters. The first-order valence-electron chi connectivity index (χ1n) is 4.88. The number of aromatic hydroxyl groups is 1. The highest BCUT2D eigenvalue weighted by atomic mass is 19.1. The SMILES string of the molecule is COc1cc([N+](=O)[O-])cc([C@H](N)CCF)c1O. The lowest BCUT2D eigenvalue weighted by Gasteiger charge is -2.14. The van der Waals surface area contributed by atoms with E-state index in [1.165, 1.54) is 7.11 Å². The molecule has 1 atom stereocenters. The number of methoxy groups -OCH3 is 1. The Labute approximate surface area is 97.0 Å². The molecular weight excluding hydrogens is 231 g/mol. The summed E-state index contributed by atoms with van der Waals surface area (Å²) < 4.78 is 17.0. The van der Waals surface area contributed by atoms with Crippen LogP contribution in [-0.4, -0.2) is 23.8 Å². The molecule has 0 radical (unpaired) electrons. The van der Waals surface area contributed by atoms with Crippen molar-refractivity contribution < 1.29 is 19.2 Å². The number of hydrogen-bond acceptors (Lipinski definition) is 5. The van der Waals surface area contributed by atoms with E-state index in [9.17, 15) is 19.6 Å². The standard InChI is InChI=1S/C10H13FN2O4/c1-17-9-5-6(13(15)16)4-7(10(9)14)8(12)2-3-11/h4-5,8,14H,2-3,12H2,1H3/t8-/m1/s1. The second-order valence-electron chi connectivity index (χ2n) is 3.43. The molecule has 94 valence electrons. The predicted octanol–water partition coefficient (Wildman–Crippen LogP) is 1.67. The van der Waals surface area contributed by atoms with E-state index >= 15 is 0 Å². The van der Waals surface area contributed by atoms with Crippen molar-refractivity contribution in [3.63, 3.8) is 0 Å². The summed E-state index contributed by atoms with van der Waals surface area (Å²) in [6.45, 7) is -0.675. The molecule has 0 aliphatic rings. The third-order valence-electron chi connectivity index (χ3n) is 2.34. The number of nitrogens with two attached hydrogens (primary N) is 1. The fourth-order valence-corrected chi connectivity index (χ4v) is 1.43. The van der Waals surface area contributed by atoms with E-state index in [1.54, 1.807) is 0 Å². The summed E-state index contributed by atoms with van der Waals surface area (Å²) in [5.74, 6) is -0.345. The zero-order valence-electron chi connectivity index (χ0n) is 9.22. The fourth-order valence-electron chi connectivity index (χ4n) is 1.43. The Bertz CT molecular complexity index is 425. The average Bonchev–Trinajstić information content (AvgIpc) is 2.29. The summed E-state index contributed by atoms with van der Waals surface area (Å²) in [4.78, 5) is 10.0. The van der Waals surface area contributed by atoms with Crippen molar-refractivity contribution in [3.8, 4) is 11.5 Å². The van der Waals surface area contributed by atoms with Crippen LogP contribution in [0, 0.1) is 10.1 Å². The number of nitrogens with zero attached hydrogens (tertiary/aromatic N) is 1. The third kappa shape index (κ3) is 2.82. The Morgan fingerprint density at radius 2 is 2.29 bits per heavy atom. The average molecular weight is 244 g/mol. The minimum Gasteiger partial charge on any atom is -0.504 e. The van der Waals surface area contributed by atoms with Crippen LogP contribution >= 0.6 is 0 Å². The van der Waals surface area contributed by atoms with Gasteiger partial charge in [-0.15, -0.1) is 0 Å². The minimum atomic E-state index is -0.811. The van der Waals surface area contributed by atoms with E-state index in [4.69, 9.17) is 10.5 Å². The Morgan fingerprint density at radius 3 is 2.76 bits per heavy atom. The number of non-ortho nitro benzene ring substituents is 1. The largest absolute Gasteiger partial charge is 0.504 e. The van der Waals surface area contributed by atoms with E-state index in [2.05, 4.69) is 0 Å². The van der Waals surface area contributed by atoms with Crippen LogP contribution in [0.4, 0.5) is 10.1 Å². The van der Waals surface area contributed by atoms with Crippen molar-refractivity contribution >= 4 is 5.69 Å². The normalized spacial score (nSPS) is 12.2. The molecule has 0 amide bonds. The van der Waals surface area contributed by atoms with Gasteiger partial charge in [0.25, 0.3) is 5.69 Å². The summed E-state index contributed by atoms with van der Waals surface area (Å²) in [5.41, 5.74) is 5.47. The molecule has 0 bridgehead atoms. The lowest BCUT2D eigenvalue weighted by atomic mass is 10.0. The topological polar surface area (TPSA) is 98.6 Å². The van der Waals surface area contributed by atoms with E-state index < -0.39 is 17.6 Å². The van der Waals surface area contributed by atoms with Gasteiger partial charge in [0.2, 0.25) is 0 Å². The van der Waals surface area contributed by atoms with Crippen LogP contribution in [-0.2, 0) is 0 Å². The van der Waals surface area contributed by atoms with E-state index in [1.807, 2.05) is 0 Å². The van der Waals surface area contributed by atoms with Gasteiger partial charge in [-0.1, -0.05) is 0 Å². The molecule has 1 aromatic carbocycles. The quantitative estimate of drug-likeness (QED) is 0.606. The molecule has 0 saturated heterocycles. The summed E-state index contributed by atoms with van der Waals surface area (Å²) in [5, 5.41) is 20.4. The molecule has 6 nitrogen and oxygen atoms in total. The van der Waals surface area contributed by atoms with Crippen LogP contribution in [0.15, 0.2) is 12.1 Å². The smallest absolute Gasteiger partial charge is 0.273 e. The van der Waals surface area contributed by atoms with Crippen LogP contribution < -0.4 is 10.5 Å². The van der Waals surface area contributed by atoms with Gasteiger partial charge in [-0.3, -0.25) is 14.5 Å². The molecule has 0 saturated carbocycles.